The van der Waals surface area contributed by atoms with Crippen LogP contribution in [0, 0.1) is 11.3 Å². The van der Waals surface area contributed by atoms with E-state index in [1.165, 1.54) is 7.11 Å². The van der Waals surface area contributed by atoms with Gasteiger partial charge in [-0.3, -0.25) is 0 Å². The molecule has 0 saturated carbocycles. The Balaban J connectivity index is 3.75. The van der Waals surface area contributed by atoms with Gasteiger partial charge in [-0.1, -0.05) is 34.8 Å². The van der Waals surface area contributed by atoms with E-state index in [2.05, 4.69) is 4.74 Å². The molecule has 0 saturated heterocycles. The highest BCUT2D eigenvalue weighted by molar-refractivity contribution is 6.46. The van der Waals surface area contributed by atoms with Gasteiger partial charge in [0.2, 0.25) is 0 Å². The molecular weight excluding hydrogens is 288 g/mol. The molecule has 1 rings (SSSR count). The highest BCUT2D eigenvalue weighted by atomic mass is 35.5. The van der Waals surface area contributed by atoms with E-state index in [1.807, 2.05) is 0 Å². The van der Waals surface area contributed by atoms with E-state index in [0.29, 0.717) is 0 Å². The lowest BCUT2D eigenvalue weighted by Crippen LogP contribution is -2.07. The van der Waals surface area contributed by atoms with Crippen LogP contribution in [0.3, 0.4) is 0 Å². The maximum atomic E-state index is 11.5. The minimum Gasteiger partial charge on any atom is -0.494 e. The molecule has 0 radical (unpaired) electrons. The molecule has 90 valence electrons. The van der Waals surface area contributed by atoms with Gasteiger partial charge in [-0.05, 0) is 0 Å². The molecule has 1 aromatic carbocycles. The van der Waals surface area contributed by atoms with Crippen molar-refractivity contribution in [2.45, 2.75) is 0 Å². The summed E-state index contributed by atoms with van der Waals surface area (Å²) in [5.74, 6) is -0.763. The number of rotatable bonds is 2. The van der Waals surface area contributed by atoms with E-state index in [-0.39, 0.29) is 31.9 Å². The molecule has 0 amide bonds. The van der Waals surface area contributed by atoms with Crippen LogP contribution in [0.25, 0.3) is 0 Å². The van der Waals surface area contributed by atoms with Gasteiger partial charge in [-0.2, -0.15) is 5.26 Å². The normalized spacial score (nSPS) is 9.65. The number of ether oxygens (including phenoxy) is 2. The van der Waals surface area contributed by atoms with E-state index in [1.54, 1.807) is 6.07 Å². The highest BCUT2D eigenvalue weighted by Crippen LogP contribution is 2.43. The lowest BCUT2D eigenvalue weighted by Gasteiger charge is -2.12. The predicted molar refractivity (Wildman–Crippen MR) is 64.1 cm³/mol. The summed E-state index contributed by atoms with van der Waals surface area (Å²) in [5, 5.41) is 8.72. The molecule has 17 heavy (non-hydrogen) atoms. The van der Waals surface area contributed by atoms with E-state index >= 15 is 0 Å². The number of carbonyl (C=O) groups is 1. The molecule has 0 aliphatic carbocycles. The SMILES string of the molecule is COC(=O)c1c(Cl)c(OC)c(Cl)c(Cl)c1C#N. The molecule has 0 bridgehead atoms. The topological polar surface area (TPSA) is 59.3 Å². The first-order valence-electron chi connectivity index (χ1n) is 4.22. The zero-order valence-corrected chi connectivity index (χ0v) is 11.1. The van der Waals surface area contributed by atoms with Crippen LogP contribution in [0.5, 0.6) is 5.75 Å². The van der Waals surface area contributed by atoms with Crippen LogP contribution in [0.4, 0.5) is 0 Å². The summed E-state index contributed by atoms with van der Waals surface area (Å²) >= 11 is 17.6. The van der Waals surface area contributed by atoms with Gasteiger partial charge in [0, 0.05) is 0 Å². The van der Waals surface area contributed by atoms with Crippen LogP contribution in [0.1, 0.15) is 15.9 Å². The summed E-state index contributed by atoms with van der Waals surface area (Å²) < 4.78 is 9.45. The number of benzene rings is 1. The second-order valence-corrected chi connectivity index (χ2v) is 3.96. The first-order chi connectivity index (χ1) is 7.99. The Labute approximate surface area is 113 Å². The smallest absolute Gasteiger partial charge is 0.340 e. The summed E-state index contributed by atoms with van der Waals surface area (Å²) in [6.45, 7) is 0. The van der Waals surface area contributed by atoms with Gasteiger partial charge in [0.05, 0.1) is 24.8 Å². The molecule has 0 aromatic heterocycles. The van der Waals surface area contributed by atoms with E-state index in [9.17, 15) is 4.79 Å². The second-order valence-electron chi connectivity index (χ2n) is 2.83. The quantitative estimate of drug-likeness (QED) is 0.620. The summed E-state index contributed by atoms with van der Waals surface area (Å²) in [6.07, 6.45) is 0. The molecule has 4 nitrogen and oxygen atoms in total. The number of esters is 1. The molecule has 0 N–H and O–H groups in total. The Bertz CT molecular complexity index is 519. The van der Waals surface area contributed by atoms with Gasteiger partial charge in [0.15, 0.2) is 5.75 Å². The molecule has 0 aliphatic rings. The van der Waals surface area contributed by atoms with Crippen molar-refractivity contribution in [3.05, 3.63) is 26.2 Å². The maximum Gasteiger partial charge on any atom is 0.340 e. The van der Waals surface area contributed by atoms with Crippen molar-refractivity contribution >= 4 is 40.8 Å². The van der Waals surface area contributed by atoms with Crippen LogP contribution in [-0.2, 0) is 4.74 Å². The average Bonchev–Trinajstić information content (AvgIpc) is 2.33. The van der Waals surface area contributed by atoms with E-state index in [0.717, 1.165) is 7.11 Å². The largest absolute Gasteiger partial charge is 0.494 e. The highest BCUT2D eigenvalue weighted by Gasteiger charge is 2.26. The van der Waals surface area contributed by atoms with Crippen molar-refractivity contribution in [2.75, 3.05) is 14.2 Å². The van der Waals surface area contributed by atoms with Crippen LogP contribution >= 0.6 is 34.8 Å². The van der Waals surface area contributed by atoms with Gasteiger partial charge in [0.25, 0.3) is 0 Å². The molecular formula is C10H6Cl3NO3. The van der Waals surface area contributed by atoms with Crippen molar-refractivity contribution in [3.63, 3.8) is 0 Å². The van der Waals surface area contributed by atoms with Gasteiger partial charge < -0.3 is 9.47 Å². The zero-order valence-electron chi connectivity index (χ0n) is 8.81. The van der Waals surface area contributed by atoms with Crippen LogP contribution in [-0.4, -0.2) is 20.2 Å². The summed E-state index contributed by atoms with van der Waals surface area (Å²) in [6, 6.07) is 1.75. The number of carbonyl (C=O) groups excluding carboxylic acids is 1. The Morgan fingerprint density at radius 2 is 1.76 bits per heavy atom. The molecule has 0 atom stereocenters. The minimum atomic E-state index is -0.789. The van der Waals surface area contributed by atoms with Crippen molar-refractivity contribution in [1.82, 2.24) is 0 Å². The Hall–Kier alpha value is -1.15. The Morgan fingerprint density at radius 3 is 2.18 bits per heavy atom. The number of nitriles is 1. The number of nitrogens with zero attached hydrogens (tertiary/aromatic N) is 1. The van der Waals surface area contributed by atoms with Crippen molar-refractivity contribution in [1.29, 1.82) is 5.26 Å². The molecule has 0 unspecified atom stereocenters. The van der Waals surface area contributed by atoms with Gasteiger partial charge in [-0.15, -0.1) is 0 Å². The third-order valence-corrected chi connectivity index (χ3v) is 3.18. The van der Waals surface area contributed by atoms with Gasteiger partial charge in [0.1, 0.15) is 21.7 Å². The van der Waals surface area contributed by atoms with Gasteiger partial charge in [-0.25, -0.2) is 4.79 Å². The fourth-order valence-electron chi connectivity index (χ4n) is 1.22. The van der Waals surface area contributed by atoms with Crippen molar-refractivity contribution in [2.24, 2.45) is 0 Å². The molecule has 0 heterocycles. The first-order valence-corrected chi connectivity index (χ1v) is 5.35. The van der Waals surface area contributed by atoms with Crippen molar-refractivity contribution < 1.29 is 14.3 Å². The fraction of sp³-hybridized carbons (Fsp3) is 0.200. The second kappa shape index (κ2) is 5.46. The Morgan fingerprint density at radius 1 is 1.18 bits per heavy atom. The van der Waals surface area contributed by atoms with E-state index < -0.39 is 5.97 Å². The average molecular weight is 295 g/mol. The Kier molecular flexibility index (Phi) is 4.47. The minimum absolute atomic E-state index is 0.0247. The first kappa shape index (κ1) is 13.9. The summed E-state index contributed by atoms with van der Waals surface area (Å²) in [4.78, 5) is 11.5. The standard InChI is InChI=1S/C10H6Cl3NO3/c1-16-9-7(12)5(10(15)17-2)4(3-14)6(11)8(9)13/h1-2H3. The number of methoxy groups -OCH3 is 2. The van der Waals surface area contributed by atoms with Crippen molar-refractivity contribution in [3.8, 4) is 11.8 Å². The third-order valence-electron chi connectivity index (χ3n) is 1.99. The summed E-state index contributed by atoms with van der Waals surface area (Å²) in [5.41, 5.74) is -0.308. The monoisotopic (exact) mass is 293 g/mol. The van der Waals surface area contributed by atoms with E-state index in [4.69, 9.17) is 44.8 Å². The van der Waals surface area contributed by atoms with Crippen LogP contribution < -0.4 is 4.74 Å². The molecule has 0 fully saturated rings. The lowest BCUT2D eigenvalue weighted by molar-refractivity contribution is 0.0600. The molecule has 7 heteroatoms. The van der Waals surface area contributed by atoms with Gasteiger partial charge >= 0.3 is 5.97 Å². The number of halogens is 3. The van der Waals surface area contributed by atoms with Crippen LogP contribution in [0.2, 0.25) is 15.1 Å². The molecule has 0 spiro atoms. The fourth-order valence-corrected chi connectivity index (χ4v) is 2.10. The maximum absolute atomic E-state index is 11.5. The zero-order chi connectivity index (χ0) is 13.2. The predicted octanol–water partition coefficient (Wildman–Crippen LogP) is 3.31. The number of hydrogen-bond donors (Lipinski definition) is 0. The summed E-state index contributed by atoms with van der Waals surface area (Å²) in [7, 11) is 2.48. The molecule has 0 aliphatic heterocycles. The number of hydrogen-bond acceptors (Lipinski definition) is 4. The van der Waals surface area contributed by atoms with Crippen LogP contribution in [0.15, 0.2) is 0 Å². The molecule has 1 aromatic rings. The lowest BCUT2D eigenvalue weighted by atomic mass is 10.1. The third kappa shape index (κ3) is 2.27.